The molecule has 1 N–H and O–H groups in total. The first-order chi connectivity index (χ1) is 9.72. The van der Waals surface area contributed by atoms with Gasteiger partial charge in [-0.2, -0.15) is 0 Å². The van der Waals surface area contributed by atoms with Crippen LogP contribution in [0.25, 0.3) is 11.3 Å². The number of aryl methyl sites for hydroxylation is 2. The van der Waals surface area contributed by atoms with Gasteiger partial charge in [0.05, 0.1) is 5.69 Å². The minimum absolute atomic E-state index is 0.899. The molecule has 0 bridgehead atoms. The van der Waals surface area contributed by atoms with Crippen LogP contribution < -0.4 is 5.32 Å². The zero-order valence-corrected chi connectivity index (χ0v) is 12.2. The third-order valence-electron chi connectivity index (χ3n) is 3.06. The van der Waals surface area contributed by atoms with Crippen molar-refractivity contribution in [2.45, 2.75) is 13.8 Å². The number of aromatic nitrogens is 2. The molecule has 0 amide bonds. The third-order valence-corrected chi connectivity index (χ3v) is 3.82. The summed E-state index contributed by atoms with van der Waals surface area (Å²) in [6.07, 6.45) is 3.70. The van der Waals surface area contributed by atoms with E-state index in [1.54, 1.807) is 11.3 Å². The summed E-state index contributed by atoms with van der Waals surface area (Å²) in [5, 5.41) is 6.32. The van der Waals surface area contributed by atoms with Crippen LogP contribution >= 0.6 is 11.3 Å². The van der Waals surface area contributed by atoms with Crippen LogP contribution in [0.1, 0.15) is 11.1 Å². The molecule has 3 rings (SSSR count). The number of hydrogen-bond acceptors (Lipinski definition) is 4. The number of benzene rings is 1. The Bertz CT molecular complexity index is 734. The summed E-state index contributed by atoms with van der Waals surface area (Å²) in [7, 11) is 0. The molecule has 0 aliphatic heterocycles. The smallest absolute Gasteiger partial charge is 0.187 e. The predicted octanol–water partition coefficient (Wildman–Crippen LogP) is 4.57. The molecule has 2 aromatic heterocycles. The molecular formula is C16H15N3S. The Morgan fingerprint density at radius 3 is 2.75 bits per heavy atom. The van der Waals surface area contributed by atoms with E-state index in [1.165, 1.54) is 5.56 Å². The van der Waals surface area contributed by atoms with Gasteiger partial charge >= 0.3 is 0 Å². The minimum atomic E-state index is 0.899. The van der Waals surface area contributed by atoms with E-state index in [9.17, 15) is 0 Å². The van der Waals surface area contributed by atoms with E-state index in [2.05, 4.69) is 45.8 Å². The Morgan fingerprint density at radius 1 is 1.10 bits per heavy atom. The summed E-state index contributed by atoms with van der Waals surface area (Å²) in [6, 6.07) is 10.3. The zero-order valence-electron chi connectivity index (χ0n) is 11.4. The molecular weight excluding hydrogens is 266 g/mol. The van der Waals surface area contributed by atoms with E-state index >= 15 is 0 Å². The first-order valence-electron chi connectivity index (χ1n) is 6.42. The molecule has 1 aromatic carbocycles. The number of rotatable bonds is 3. The molecule has 0 fully saturated rings. The lowest BCUT2D eigenvalue weighted by molar-refractivity contribution is 1.25. The number of nitrogens with zero attached hydrogens (tertiary/aromatic N) is 2. The molecule has 0 saturated heterocycles. The molecule has 2 heterocycles. The highest BCUT2D eigenvalue weighted by Gasteiger charge is 2.06. The molecule has 20 heavy (non-hydrogen) atoms. The lowest BCUT2D eigenvalue weighted by atomic mass is 10.2. The topological polar surface area (TPSA) is 37.8 Å². The fourth-order valence-electron chi connectivity index (χ4n) is 1.99. The van der Waals surface area contributed by atoms with Crippen molar-refractivity contribution in [1.29, 1.82) is 0 Å². The first kappa shape index (κ1) is 12.8. The maximum atomic E-state index is 4.63. The Balaban J connectivity index is 1.86. The maximum absolute atomic E-state index is 4.63. The first-order valence-corrected chi connectivity index (χ1v) is 7.30. The van der Waals surface area contributed by atoms with Crippen molar-refractivity contribution in [3.63, 3.8) is 0 Å². The van der Waals surface area contributed by atoms with E-state index in [4.69, 9.17) is 0 Å². The van der Waals surface area contributed by atoms with Crippen LogP contribution in [0.5, 0.6) is 0 Å². The largest absolute Gasteiger partial charge is 0.331 e. The van der Waals surface area contributed by atoms with Crippen LogP contribution in [0.3, 0.4) is 0 Å². The van der Waals surface area contributed by atoms with Gasteiger partial charge in [0.15, 0.2) is 5.13 Å². The molecule has 0 saturated carbocycles. The highest BCUT2D eigenvalue weighted by atomic mass is 32.1. The number of thiazole rings is 1. The van der Waals surface area contributed by atoms with E-state index in [-0.39, 0.29) is 0 Å². The number of hydrogen-bond donors (Lipinski definition) is 1. The molecule has 3 nitrogen and oxygen atoms in total. The molecule has 0 atom stereocenters. The number of nitrogens with one attached hydrogen (secondary N) is 1. The fourth-order valence-corrected chi connectivity index (χ4v) is 2.72. The minimum Gasteiger partial charge on any atom is -0.331 e. The van der Waals surface area contributed by atoms with Gasteiger partial charge in [-0.3, -0.25) is 4.98 Å². The van der Waals surface area contributed by atoms with Gasteiger partial charge in [0.25, 0.3) is 0 Å². The highest BCUT2D eigenvalue weighted by Crippen LogP contribution is 2.28. The normalized spacial score (nSPS) is 10.5. The fraction of sp³-hybridized carbons (Fsp3) is 0.125. The Hall–Kier alpha value is -2.20. The van der Waals surface area contributed by atoms with E-state index in [1.807, 2.05) is 31.5 Å². The molecule has 100 valence electrons. The summed E-state index contributed by atoms with van der Waals surface area (Å²) in [5.74, 6) is 0. The summed E-state index contributed by atoms with van der Waals surface area (Å²) in [5.41, 5.74) is 5.46. The molecule has 0 radical (unpaired) electrons. The van der Waals surface area contributed by atoms with Gasteiger partial charge in [0.2, 0.25) is 0 Å². The SMILES string of the molecule is Cc1cncc(-c2csc(Nc3ccccc3C)n2)c1. The Kier molecular flexibility index (Phi) is 3.48. The molecule has 0 aliphatic carbocycles. The average Bonchev–Trinajstić information content (AvgIpc) is 2.90. The van der Waals surface area contributed by atoms with Gasteiger partial charge < -0.3 is 5.32 Å². The lowest BCUT2D eigenvalue weighted by Gasteiger charge is -2.05. The van der Waals surface area contributed by atoms with Gasteiger partial charge in [-0.25, -0.2) is 4.98 Å². The van der Waals surface area contributed by atoms with E-state index in [0.717, 1.165) is 27.6 Å². The van der Waals surface area contributed by atoms with Crippen molar-refractivity contribution >= 4 is 22.2 Å². The Labute approximate surface area is 122 Å². The summed E-state index contributed by atoms with van der Waals surface area (Å²) in [6.45, 7) is 4.12. The molecule has 0 spiro atoms. The number of anilines is 2. The van der Waals surface area contributed by atoms with Crippen molar-refractivity contribution in [3.8, 4) is 11.3 Å². The lowest BCUT2D eigenvalue weighted by Crippen LogP contribution is -1.92. The van der Waals surface area contributed by atoms with Crippen LogP contribution in [0, 0.1) is 13.8 Å². The standard InChI is InChI=1S/C16H15N3S/c1-11-7-13(9-17-8-11)15-10-20-16(19-15)18-14-6-4-3-5-12(14)2/h3-10H,1-2H3,(H,18,19). The molecule has 0 unspecified atom stereocenters. The van der Waals surface area contributed by atoms with Crippen molar-refractivity contribution < 1.29 is 0 Å². The predicted molar refractivity (Wildman–Crippen MR) is 84.5 cm³/mol. The summed E-state index contributed by atoms with van der Waals surface area (Å²) < 4.78 is 0. The van der Waals surface area contributed by atoms with Crippen LogP contribution in [0.2, 0.25) is 0 Å². The maximum Gasteiger partial charge on any atom is 0.187 e. The second kappa shape index (κ2) is 5.43. The molecule has 3 aromatic rings. The van der Waals surface area contributed by atoms with Gasteiger partial charge in [0, 0.05) is 29.0 Å². The van der Waals surface area contributed by atoms with Crippen LogP contribution in [0.15, 0.2) is 48.1 Å². The van der Waals surface area contributed by atoms with E-state index < -0.39 is 0 Å². The van der Waals surface area contributed by atoms with Gasteiger partial charge in [-0.05, 0) is 37.1 Å². The van der Waals surface area contributed by atoms with Crippen LogP contribution in [0.4, 0.5) is 10.8 Å². The van der Waals surface area contributed by atoms with Gasteiger partial charge in [0.1, 0.15) is 0 Å². The Morgan fingerprint density at radius 2 is 1.95 bits per heavy atom. The van der Waals surface area contributed by atoms with Crippen LogP contribution in [-0.2, 0) is 0 Å². The zero-order chi connectivity index (χ0) is 13.9. The van der Waals surface area contributed by atoms with Gasteiger partial charge in [-0.15, -0.1) is 11.3 Å². The summed E-state index contributed by atoms with van der Waals surface area (Å²) >= 11 is 1.60. The number of pyridine rings is 1. The number of para-hydroxylation sites is 1. The second-order valence-electron chi connectivity index (χ2n) is 4.73. The van der Waals surface area contributed by atoms with Crippen molar-refractivity contribution in [3.05, 3.63) is 59.2 Å². The molecule has 0 aliphatic rings. The molecule has 4 heteroatoms. The quantitative estimate of drug-likeness (QED) is 0.764. The van der Waals surface area contributed by atoms with E-state index in [0.29, 0.717) is 0 Å². The third kappa shape index (κ3) is 2.70. The van der Waals surface area contributed by atoms with Crippen LogP contribution in [-0.4, -0.2) is 9.97 Å². The highest BCUT2D eigenvalue weighted by molar-refractivity contribution is 7.14. The van der Waals surface area contributed by atoms with Crippen molar-refractivity contribution in [2.24, 2.45) is 0 Å². The average molecular weight is 281 g/mol. The summed E-state index contributed by atoms with van der Waals surface area (Å²) in [4.78, 5) is 8.84. The second-order valence-corrected chi connectivity index (χ2v) is 5.59. The van der Waals surface area contributed by atoms with Crippen molar-refractivity contribution in [2.75, 3.05) is 5.32 Å². The van der Waals surface area contributed by atoms with Gasteiger partial charge in [-0.1, -0.05) is 18.2 Å². The van der Waals surface area contributed by atoms with Crippen molar-refractivity contribution in [1.82, 2.24) is 9.97 Å². The monoisotopic (exact) mass is 281 g/mol.